The molecule has 5 nitrogen and oxygen atoms in total. The summed E-state index contributed by atoms with van der Waals surface area (Å²) >= 11 is 0. The van der Waals surface area contributed by atoms with Crippen molar-refractivity contribution in [2.45, 2.75) is 32.4 Å². The Kier molecular flexibility index (Phi) is 4.32. The molecule has 94 valence electrons. The third-order valence-corrected chi connectivity index (χ3v) is 4.71. The zero-order valence-corrected chi connectivity index (χ0v) is 10.9. The van der Waals surface area contributed by atoms with Crippen LogP contribution >= 0.6 is 0 Å². The number of hydrogen-bond acceptors (Lipinski definition) is 4. The van der Waals surface area contributed by atoms with Crippen molar-refractivity contribution in [3.63, 3.8) is 0 Å². The van der Waals surface area contributed by atoms with Crippen LogP contribution in [0.15, 0.2) is 0 Å². The summed E-state index contributed by atoms with van der Waals surface area (Å²) in [6.45, 7) is 4.35. The summed E-state index contributed by atoms with van der Waals surface area (Å²) in [5, 5.41) is 3.08. The monoisotopic (exact) mass is 248 g/mol. The summed E-state index contributed by atoms with van der Waals surface area (Å²) in [5.41, 5.74) is 0. The SMILES string of the molecule is CCN(C)C(=O)C(C)NC1CCS(=O)(=O)C1. The minimum Gasteiger partial charge on any atom is -0.345 e. The topological polar surface area (TPSA) is 66.5 Å². The summed E-state index contributed by atoms with van der Waals surface area (Å²) in [4.78, 5) is 13.4. The molecule has 16 heavy (non-hydrogen) atoms. The third kappa shape index (κ3) is 3.45. The molecule has 1 fully saturated rings. The number of nitrogens with zero attached hydrogens (tertiary/aromatic N) is 1. The second kappa shape index (κ2) is 5.14. The highest BCUT2D eigenvalue weighted by Crippen LogP contribution is 2.12. The van der Waals surface area contributed by atoms with E-state index in [1.807, 2.05) is 6.92 Å². The molecule has 1 saturated heterocycles. The quantitative estimate of drug-likeness (QED) is 0.737. The first-order chi connectivity index (χ1) is 7.35. The number of amides is 1. The Morgan fingerprint density at radius 3 is 2.62 bits per heavy atom. The molecular weight excluding hydrogens is 228 g/mol. The zero-order chi connectivity index (χ0) is 12.3. The second-order valence-electron chi connectivity index (χ2n) is 4.34. The molecule has 0 spiro atoms. The molecule has 6 heteroatoms. The summed E-state index contributed by atoms with van der Waals surface area (Å²) in [7, 11) is -1.14. The van der Waals surface area contributed by atoms with Crippen molar-refractivity contribution in [3.05, 3.63) is 0 Å². The number of hydrogen-bond donors (Lipinski definition) is 1. The third-order valence-electron chi connectivity index (χ3n) is 2.94. The number of carbonyl (C=O) groups is 1. The van der Waals surface area contributed by atoms with E-state index in [0.29, 0.717) is 13.0 Å². The number of rotatable bonds is 4. The molecular formula is C10H20N2O3S. The highest BCUT2D eigenvalue weighted by molar-refractivity contribution is 7.91. The van der Waals surface area contributed by atoms with Gasteiger partial charge in [-0.05, 0) is 20.3 Å². The maximum Gasteiger partial charge on any atom is 0.239 e. The van der Waals surface area contributed by atoms with Gasteiger partial charge in [-0.3, -0.25) is 4.79 Å². The minimum atomic E-state index is -2.88. The predicted octanol–water partition coefficient (Wildman–Crippen LogP) is -0.370. The van der Waals surface area contributed by atoms with Crippen LogP contribution in [0.5, 0.6) is 0 Å². The minimum absolute atomic E-state index is 0.00629. The first-order valence-corrected chi connectivity index (χ1v) is 7.39. The Hall–Kier alpha value is -0.620. The fourth-order valence-corrected chi connectivity index (χ4v) is 3.52. The van der Waals surface area contributed by atoms with Gasteiger partial charge < -0.3 is 10.2 Å². The van der Waals surface area contributed by atoms with Gasteiger partial charge in [0, 0.05) is 19.6 Å². The van der Waals surface area contributed by atoms with Crippen molar-refractivity contribution in [1.29, 1.82) is 0 Å². The molecule has 1 aliphatic heterocycles. The number of nitrogens with one attached hydrogen (secondary N) is 1. The molecule has 1 aliphatic rings. The molecule has 0 aromatic heterocycles. The van der Waals surface area contributed by atoms with E-state index in [2.05, 4.69) is 5.32 Å². The number of carbonyl (C=O) groups excluding carboxylic acids is 1. The molecule has 0 aromatic carbocycles. The summed E-state index contributed by atoms with van der Waals surface area (Å²) < 4.78 is 22.5. The lowest BCUT2D eigenvalue weighted by Crippen LogP contribution is -2.47. The predicted molar refractivity (Wildman–Crippen MR) is 63.0 cm³/mol. The fraction of sp³-hybridized carbons (Fsp3) is 0.900. The molecule has 1 heterocycles. The average molecular weight is 248 g/mol. The van der Waals surface area contributed by atoms with Gasteiger partial charge in [0.2, 0.25) is 5.91 Å². The normalized spacial score (nSPS) is 25.3. The van der Waals surface area contributed by atoms with Gasteiger partial charge in [-0.25, -0.2) is 8.42 Å². The maximum atomic E-state index is 11.7. The maximum absolute atomic E-state index is 11.7. The largest absolute Gasteiger partial charge is 0.345 e. The fourth-order valence-electron chi connectivity index (χ4n) is 1.84. The highest BCUT2D eigenvalue weighted by atomic mass is 32.2. The molecule has 0 bridgehead atoms. The van der Waals surface area contributed by atoms with Crippen LogP contribution in [0.3, 0.4) is 0 Å². The van der Waals surface area contributed by atoms with Gasteiger partial charge >= 0.3 is 0 Å². The first kappa shape index (κ1) is 13.4. The van der Waals surface area contributed by atoms with Crippen LogP contribution in [0.1, 0.15) is 20.3 Å². The molecule has 0 aromatic rings. The van der Waals surface area contributed by atoms with Crippen molar-refractivity contribution in [2.24, 2.45) is 0 Å². The smallest absolute Gasteiger partial charge is 0.239 e. The van der Waals surface area contributed by atoms with Gasteiger partial charge in [0.05, 0.1) is 17.5 Å². The Morgan fingerprint density at radius 1 is 1.56 bits per heavy atom. The second-order valence-corrected chi connectivity index (χ2v) is 6.57. The van der Waals surface area contributed by atoms with E-state index in [1.165, 1.54) is 0 Å². The highest BCUT2D eigenvalue weighted by Gasteiger charge is 2.30. The van der Waals surface area contributed by atoms with Crippen LogP contribution in [-0.4, -0.2) is 56.4 Å². The standard InChI is InChI=1S/C10H20N2O3S/c1-4-12(3)10(13)8(2)11-9-5-6-16(14,15)7-9/h8-9,11H,4-7H2,1-3H3. The zero-order valence-electron chi connectivity index (χ0n) is 10.1. The molecule has 1 N–H and O–H groups in total. The van der Waals surface area contributed by atoms with E-state index in [1.54, 1.807) is 18.9 Å². The van der Waals surface area contributed by atoms with E-state index in [-0.39, 0.29) is 29.5 Å². The first-order valence-electron chi connectivity index (χ1n) is 5.57. The van der Waals surface area contributed by atoms with Crippen molar-refractivity contribution >= 4 is 15.7 Å². The van der Waals surface area contributed by atoms with E-state index in [9.17, 15) is 13.2 Å². The lowest BCUT2D eigenvalue weighted by atomic mass is 10.2. The van der Waals surface area contributed by atoms with E-state index in [0.717, 1.165) is 0 Å². The Morgan fingerprint density at radius 2 is 2.19 bits per heavy atom. The van der Waals surface area contributed by atoms with Crippen molar-refractivity contribution in [3.8, 4) is 0 Å². The van der Waals surface area contributed by atoms with Crippen LogP contribution in [0, 0.1) is 0 Å². The molecule has 0 aliphatic carbocycles. The van der Waals surface area contributed by atoms with Gasteiger partial charge in [-0.1, -0.05) is 0 Å². The van der Waals surface area contributed by atoms with Crippen LogP contribution < -0.4 is 5.32 Å². The van der Waals surface area contributed by atoms with E-state index in [4.69, 9.17) is 0 Å². The Bertz CT molecular complexity index is 353. The molecule has 1 rings (SSSR count). The summed E-state index contributed by atoms with van der Waals surface area (Å²) in [6, 6.07) is -0.391. The van der Waals surface area contributed by atoms with Gasteiger partial charge in [-0.15, -0.1) is 0 Å². The average Bonchev–Trinajstić information content (AvgIpc) is 2.55. The van der Waals surface area contributed by atoms with Gasteiger partial charge in [0.1, 0.15) is 0 Å². The summed E-state index contributed by atoms with van der Waals surface area (Å²) in [6.07, 6.45) is 0.607. The van der Waals surface area contributed by atoms with Crippen LogP contribution in [0.4, 0.5) is 0 Å². The van der Waals surface area contributed by atoms with Crippen LogP contribution in [-0.2, 0) is 14.6 Å². The molecule has 2 unspecified atom stereocenters. The molecule has 2 atom stereocenters. The van der Waals surface area contributed by atoms with Crippen molar-refractivity contribution in [1.82, 2.24) is 10.2 Å². The van der Waals surface area contributed by atoms with Crippen molar-refractivity contribution < 1.29 is 13.2 Å². The lowest BCUT2D eigenvalue weighted by molar-refractivity contribution is -0.131. The lowest BCUT2D eigenvalue weighted by Gasteiger charge is -2.22. The van der Waals surface area contributed by atoms with Gasteiger partial charge in [0.25, 0.3) is 0 Å². The van der Waals surface area contributed by atoms with E-state index >= 15 is 0 Å². The van der Waals surface area contributed by atoms with E-state index < -0.39 is 9.84 Å². The summed E-state index contributed by atoms with van der Waals surface area (Å²) in [5.74, 6) is 0.391. The molecule has 0 saturated carbocycles. The van der Waals surface area contributed by atoms with Crippen LogP contribution in [0.2, 0.25) is 0 Å². The molecule has 1 amide bonds. The number of sulfone groups is 1. The van der Waals surface area contributed by atoms with Gasteiger partial charge in [-0.2, -0.15) is 0 Å². The Balaban J connectivity index is 2.47. The number of likely N-dealkylation sites (N-methyl/N-ethyl adjacent to an activating group) is 1. The molecule has 0 radical (unpaired) electrons. The Labute approximate surface area is 97.1 Å². The van der Waals surface area contributed by atoms with Crippen LogP contribution in [0.25, 0.3) is 0 Å². The van der Waals surface area contributed by atoms with Crippen molar-refractivity contribution in [2.75, 3.05) is 25.1 Å². The van der Waals surface area contributed by atoms with Gasteiger partial charge in [0.15, 0.2) is 9.84 Å².